The maximum atomic E-state index is 11.3. The Bertz CT molecular complexity index is 99.4. The summed E-state index contributed by atoms with van der Waals surface area (Å²) in [6.07, 6.45) is -2.90. The van der Waals surface area contributed by atoms with Crippen molar-refractivity contribution in [1.29, 1.82) is 0 Å². The Morgan fingerprint density at radius 1 is 1.22 bits per heavy atom. The highest BCUT2D eigenvalue weighted by molar-refractivity contribution is 5.05. The van der Waals surface area contributed by atoms with Crippen LogP contribution in [0, 0.1) is 5.92 Å². The van der Waals surface area contributed by atoms with Crippen molar-refractivity contribution in [1.82, 2.24) is 0 Å². The van der Waals surface area contributed by atoms with Gasteiger partial charge in [0.15, 0.2) is 0 Å². The molecule has 0 aliphatic rings. The third-order valence-corrected chi connectivity index (χ3v) is 0.606. The highest BCUT2D eigenvalue weighted by Crippen LogP contribution is 2.17. The summed E-state index contributed by atoms with van der Waals surface area (Å²) < 4.78 is 33.9. The highest BCUT2D eigenvalue weighted by atomic mass is 19.4. The van der Waals surface area contributed by atoms with E-state index < -0.39 is 6.18 Å². The number of rotatable bonds is 1. The molecule has 0 bridgehead atoms. The quantitative estimate of drug-likeness (QED) is 0.521. The van der Waals surface area contributed by atoms with Gasteiger partial charge in [-0.3, -0.25) is 0 Å². The first-order chi connectivity index (χ1) is 3.92. The van der Waals surface area contributed by atoms with Crippen molar-refractivity contribution in [3.05, 3.63) is 18.1 Å². The molecule has 9 heavy (non-hydrogen) atoms. The molecule has 0 aliphatic carbocycles. The Hall–Kier alpha value is -0.470. The minimum Gasteiger partial charge on any atom is -0.167 e. The standard InChI is InChI=1S/C6H8F3/c1-5(2)3-4-6(7,8)9/h3-4H,1-2H3. The molecule has 1 radical (unpaired) electrons. The van der Waals surface area contributed by atoms with Gasteiger partial charge in [0.2, 0.25) is 0 Å². The molecule has 0 fully saturated rings. The van der Waals surface area contributed by atoms with Gasteiger partial charge in [0, 0.05) is 6.08 Å². The average molecular weight is 137 g/mol. The van der Waals surface area contributed by atoms with Crippen molar-refractivity contribution in [3.8, 4) is 0 Å². The Balaban J connectivity index is 3.71. The first kappa shape index (κ1) is 8.53. The van der Waals surface area contributed by atoms with Crippen LogP contribution in [0.3, 0.4) is 0 Å². The van der Waals surface area contributed by atoms with Crippen LogP contribution < -0.4 is 0 Å². The molecule has 0 aromatic heterocycles. The molecule has 0 nitrogen and oxygen atoms in total. The SMILES string of the molecule is C[C](C)C=CC(F)(F)F. The van der Waals surface area contributed by atoms with Gasteiger partial charge >= 0.3 is 6.18 Å². The molecule has 0 saturated heterocycles. The number of alkyl halides is 3. The zero-order valence-corrected chi connectivity index (χ0v) is 5.29. The molecule has 0 N–H and O–H groups in total. The minimum absolute atomic E-state index is 0.225. The predicted molar refractivity (Wildman–Crippen MR) is 29.8 cm³/mol. The van der Waals surface area contributed by atoms with Crippen molar-refractivity contribution < 1.29 is 13.2 Å². The molecule has 0 saturated carbocycles. The maximum Gasteiger partial charge on any atom is 0.409 e. The lowest BCUT2D eigenvalue weighted by Gasteiger charge is -1.97. The summed E-state index contributed by atoms with van der Waals surface area (Å²) in [4.78, 5) is 0. The molecule has 0 aromatic carbocycles. The van der Waals surface area contributed by atoms with E-state index in [4.69, 9.17) is 0 Å². The van der Waals surface area contributed by atoms with Crippen LogP contribution in [0.4, 0.5) is 13.2 Å². The van der Waals surface area contributed by atoms with Crippen LogP contribution in [0.25, 0.3) is 0 Å². The second kappa shape index (κ2) is 2.90. The lowest BCUT2D eigenvalue weighted by molar-refractivity contribution is -0.0799. The van der Waals surface area contributed by atoms with Gasteiger partial charge in [0.1, 0.15) is 0 Å². The van der Waals surface area contributed by atoms with E-state index in [1.165, 1.54) is 0 Å². The Kier molecular flexibility index (Phi) is 2.74. The van der Waals surface area contributed by atoms with E-state index in [-0.39, 0.29) is 6.08 Å². The van der Waals surface area contributed by atoms with Crippen LogP contribution in [0.15, 0.2) is 12.2 Å². The van der Waals surface area contributed by atoms with Crippen molar-refractivity contribution in [3.63, 3.8) is 0 Å². The molecular weight excluding hydrogens is 129 g/mol. The largest absolute Gasteiger partial charge is 0.409 e. The average Bonchev–Trinajstić information content (AvgIpc) is 1.59. The van der Waals surface area contributed by atoms with Gasteiger partial charge in [0.25, 0.3) is 0 Å². The van der Waals surface area contributed by atoms with Crippen LogP contribution in [0.1, 0.15) is 13.8 Å². The second-order valence-electron chi connectivity index (χ2n) is 1.95. The van der Waals surface area contributed by atoms with Gasteiger partial charge in [-0.25, -0.2) is 0 Å². The molecule has 0 amide bonds. The number of allylic oxidation sites excluding steroid dienone is 2. The fraction of sp³-hybridized carbons (Fsp3) is 0.500. The van der Waals surface area contributed by atoms with Crippen molar-refractivity contribution in [2.45, 2.75) is 20.0 Å². The molecule has 0 heterocycles. The fourth-order valence-corrected chi connectivity index (χ4v) is 0.261. The smallest absolute Gasteiger partial charge is 0.167 e. The van der Waals surface area contributed by atoms with Gasteiger partial charge in [0.05, 0.1) is 0 Å². The van der Waals surface area contributed by atoms with E-state index in [1.54, 1.807) is 13.8 Å². The third-order valence-electron chi connectivity index (χ3n) is 0.606. The van der Waals surface area contributed by atoms with Gasteiger partial charge in [-0.1, -0.05) is 19.9 Å². The molecule has 0 aliphatic heterocycles. The molecule has 0 aromatic rings. The molecule has 3 heteroatoms. The molecule has 0 spiro atoms. The van der Waals surface area contributed by atoms with Crippen LogP contribution >= 0.6 is 0 Å². The lowest BCUT2D eigenvalue weighted by Crippen LogP contribution is -2.00. The summed E-state index contributed by atoms with van der Waals surface area (Å²) in [6, 6.07) is 0. The lowest BCUT2D eigenvalue weighted by atomic mass is 10.2. The van der Waals surface area contributed by atoms with Crippen LogP contribution in [0.2, 0.25) is 0 Å². The van der Waals surface area contributed by atoms with Crippen LogP contribution in [-0.2, 0) is 0 Å². The van der Waals surface area contributed by atoms with Crippen molar-refractivity contribution in [2.24, 2.45) is 0 Å². The monoisotopic (exact) mass is 137 g/mol. The zero-order chi connectivity index (χ0) is 7.49. The maximum absolute atomic E-state index is 11.3. The van der Waals surface area contributed by atoms with Crippen molar-refractivity contribution in [2.75, 3.05) is 0 Å². The zero-order valence-electron chi connectivity index (χ0n) is 5.29. The molecule has 53 valence electrons. The summed E-state index contributed by atoms with van der Waals surface area (Å²) in [5.41, 5.74) is 0. The first-order valence-electron chi connectivity index (χ1n) is 2.48. The van der Waals surface area contributed by atoms with Gasteiger partial charge < -0.3 is 0 Å². The van der Waals surface area contributed by atoms with Gasteiger partial charge in [-0.2, -0.15) is 13.2 Å². The predicted octanol–water partition coefficient (Wildman–Crippen LogP) is 2.72. The summed E-state index contributed by atoms with van der Waals surface area (Å²) in [7, 11) is 0. The summed E-state index contributed by atoms with van der Waals surface area (Å²) in [5, 5.41) is 0. The van der Waals surface area contributed by atoms with Crippen LogP contribution in [0.5, 0.6) is 0 Å². The Labute approximate surface area is 52.4 Å². The van der Waals surface area contributed by atoms with Gasteiger partial charge in [-0.15, -0.1) is 0 Å². The van der Waals surface area contributed by atoms with E-state index in [1.807, 2.05) is 0 Å². The molecule has 0 unspecified atom stereocenters. The van der Waals surface area contributed by atoms with E-state index in [0.29, 0.717) is 5.92 Å². The molecule has 0 rings (SSSR count). The minimum atomic E-state index is -4.17. The fourth-order valence-electron chi connectivity index (χ4n) is 0.261. The molecule has 0 atom stereocenters. The van der Waals surface area contributed by atoms with E-state index >= 15 is 0 Å². The number of hydrogen-bond acceptors (Lipinski definition) is 0. The topological polar surface area (TPSA) is 0 Å². The number of halogens is 3. The Morgan fingerprint density at radius 3 is 1.78 bits per heavy atom. The normalized spacial score (nSPS) is 13.6. The summed E-state index contributed by atoms with van der Waals surface area (Å²) >= 11 is 0. The third kappa shape index (κ3) is 7.53. The van der Waals surface area contributed by atoms with E-state index in [0.717, 1.165) is 6.08 Å². The highest BCUT2D eigenvalue weighted by Gasteiger charge is 2.21. The van der Waals surface area contributed by atoms with E-state index in [9.17, 15) is 13.2 Å². The Morgan fingerprint density at radius 2 is 1.67 bits per heavy atom. The summed E-state index contributed by atoms with van der Waals surface area (Å²) in [5.74, 6) is 0.646. The second-order valence-corrected chi connectivity index (χ2v) is 1.95. The van der Waals surface area contributed by atoms with Gasteiger partial charge in [-0.05, 0) is 5.92 Å². The first-order valence-corrected chi connectivity index (χ1v) is 2.48. The summed E-state index contributed by atoms with van der Waals surface area (Å²) in [6.45, 7) is 3.23. The molecular formula is C6H8F3. The van der Waals surface area contributed by atoms with E-state index in [2.05, 4.69) is 0 Å². The van der Waals surface area contributed by atoms with Crippen molar-refractivity contribution >= 4 is 0 Å². The number of hydrogen-bond donors (Lipinski definition) is 0. The van der Waals surface area contributed by atoms with Crippen LogP contribution in [-0.4, -0.2) is 6.18 Å².